The maximum atomic E-state index is 14.2. The van der Waals surface area contributed by atoms with Gasteiger partial charge in [-0.25, -0.2) is 4.39 Å². The van der Waals surface area contributed by atoms with Crippen LogP contribution in [-0.4, -0.2) is 6.61 Å². The molecule has 0 atom stereocenters. The first kappa shape index (κ1) is 23.5. The molecule has 0 radical (unpaired) electrons. The van der Waals surface area contributed by atoms with E-state index in [-0.39, 0.29) is 5.75 Å². The third kappa shape index (κ3) is 6.44. The van der Waals surface area contributed by atoms with Gasteiger partial charge in [-0.2, -0.15) is 4.39 Å². The molecule has 0 amide bonds. The molecule has 0 aromatic heterocycles. The van der Waals surface area contributed by atoms with Gasteiger partial charge in [0.2, 0.25) is 5.82 Å². The molecule has 1 aromatic rings. The van der Waals surface area contributed by atoms with Crippen LogP contribution >= 0.6 is 0 Å². The third-order valence-corrected chi connectivity index (χ3v) is 7.88. The zero-order valence-corrected chi connectivity index (χ0v) is 19.2. The van der Waals surface area contributed by atoms with Crippen LogP contribution in [0.1, 0.15) is 103 Å². The number of aryl methyl sites for hydroxylation is 1. The molecular weight excluding hydrogens is 378 g/mol. The highest BCUT2D eigenvalue weighted by atomic mass is 19.2. The average Bonchev–Trinajstić information content (AvgIpc) is 2.77. The molecule has 1 nitrogen and oxygen atoms in total. The van der Waals surface area contributed by atoms with Gasteiger partial charge in [0.15, 0.2) is 11.6 Å². The van der Waals surface area contributed by atoms with Crippen LogP contribution in [0.2, 0.25) is 0 Å². The van der Waals surface area contributed by atoms with Crippen LogP contribution in [0.15, 0.2) is 12.1 Å². The lowest BCUT2D eigenvalue weighted by molar-refractivity contribution is 0.140. The number of hydrogen-bond donors (Lipinski definition) is 0. The highest BCUT2D eigenvalue weighted by molar-refractivity contribution is 5.31. The van der Waals surface area contributed by atoms with Crippen molar-refractivity contribution in [3.8, 4) is 5.75 Å². The van der Waals surface area contributed by atoms with Crippen LogP contribution < -0.4 is 4.74 Å². The van der Waals surface area contributed by atoms with E-state index in [9.17, 15) is 8.78 Å². The summed E-state index contributed by atoms with van der Waals surface area (Å²) in [5.74, 6) is 2.29. The number of halogens is 2. The molecular formula is C27H42F2O. The second-order valence-corrected chi connectivity index (χ2v) is 9.88. The van der Waals surface area contributed by atoms with Gasteiger partial charge in [0.1, 0.15) is 0 Å². The highest BCUT2D eigenvalue weighted by Gasteiger charge is 2.30. The van der Waals surface area contributed by atoms with Crippen molar-refractivity contribution in [2.45, 2.75) is 104 Å². The molecule has 2 aliphatic rings. The van der Waals surface area contributed by atoms with Gasteiger partial charge in [-0.3, -0.25) is 0 Å². The molecule has 0 bridgehead atoms. The lowest BCUT2D eigenvalue weighted by atomic mass is 9.68. The Morgan fingerprint density at radius 1 is 0.767 bits per heavy atom. The smallest absolute Gasteiger partial charge is 0.200 e. The molecule has 0 N–H and O–H groups in total. The standard InChI is InChI=1S/C27H42F2O/c1-3-7-20-10-14-22(15-11-20)23-16-12-21(13-17-23)8-5-6-9-24-18-19-25(30-4-2)27(29)26(24)28/h18-23H,3-17H2,1-2H3/t20-,21?,22-,23?. The van der Waals surface area contributed by atoms with E-state index in [2.05, 4.69) is 6.92 Å². The first-order chi connectivity index (χ1) is 14.6. The van der Waals surface area contributed by atoms with Crippen molar-refractivity contribution in [1.29, 1.82) is 0 Å². The number of unbranched alkanes of at least 4 members (excludes halogenated alkanes) is 1. The van der Waals surface area contributed by atoms with Crippen molar-refractivity contribution in [2.75, 3.05) is 6.61 Å². The summed E-state index contributed by atoms with van der Waals surface area (Å²) in [6, 6.07) is 3.25. The number of rotatable bonds is 10. The molecule has 3 rings (SSSR count). The first-order valence-corrected chi connectivity index (χ1v) is 12.7. The van der Waals surface area contributed by atoms with Gasteiger partial charge in [-0.05, 0) is 80.8 Å². The predicted molar refractivity (Wildman–Crippen MR) is 121 cm³/mol. The molecule has 2 aliphatic carbocycles. The molecule has 3 heteroatoms. The van der Waals surface area contributed by atoms with Crippen molar-refractivity contribution in [3.63, 3.8) is 0 Å². The molecule has 2 saturated carbocycles. The second kappa shape index (κ2) is 12.1. The summed E-state index contributed by atoms with van der Waals surface area (Å²) in [5.41, 5.74) is 0.485. The van der Waals surface area contributed by atoms with Crippen LogP contribution in [0.4, 0.5) is 8.78 Å². The van der Waals surface area contributed by atoms with Gasteiger partial charge in [-0.1, -0.05) is 64.4 Å². The maximum absolute atomic E-state index is 14.2. The normalized spacial score (nSPS) is 27.2. The van der Waals surface area contributed by atoms with Gasteiger partial charge in [0.05, 0.1) is 6.61 Å². The summed E-state index contributed by atoms with van der Waals surface area (Å²) in [4.78, 5) is 0. The minimum Gasteiger partial charge on any atom is -0.491 e. The summed E-state index contributed by atoms with van der Waals surface area (Å²) in [6.07, 6.45) is 18.2. The minimum absolute atomic E-state index is 0.0226. The van der Waals surface area contributed by atoms with E-state index in [1.165, 1.54) is 70.6 Å². The monoisotopic (exact) mass is 420 g/mol. The molecule has 1 aromatic carbocycles. The zero-order valence-electron chi connectivity index (χ0n) is 19.2. The van der Waals surface area contributed by atoms with E-state index in [0.717, 1.165) is 36.5 Å². The van der Waals surface area contributed by atoms with E-state index in [4.69, 9.17) is 4.74 Å². The van der Waals surface area contributed by atoms with E-state index < -0.39 is 11.6 Å². The zero-order chi connectivity index (χ0) is 21.3. The second-order valence-electron chi connectivity index (χ2n) is 9.88. The molecule has 0 spiro atoms. The fourth-order valence-electron chi connectivity index (χ4n) is 6.09. The van der Waals surface area contributed by atoms with Crippen LogP contribution in [0, 0.1) is 35.3 Å². The van der Waals surface area contributed by atoms with E-state index in [0.29, 0.717) is 18.6 Å². The van der Waals surface area contributed by atoms with Crippen LogP contribution in [0.25, 0.3) is 0 Å². The van der Waals surface area contributed by atoms with E-state index >= 15 is 0 Å². The topological polar surface area (TPSA) is 9.23 Å². The Hall–Kier alpha value is -1.12. The lowest BCUT2D eigenvalue weighted by Crippen LogP contribution is -2.25. The van der Waals surface area contributed by atoms with Crippen molar-refractivity contribution >= 4 is 0 Å². The van der Waals surface area contributed by atoms with E-state index in [1.807, 2.05) is 0 Å². The van der Waals surface area contributed by atoms with Crippen LogP contribution in [0.3, 0.4) is 0 Å². The quantitative estimate of drug-likeness (QED) is 0.345. The fourth-order valence-corrected chi connectivity index (χ4v) is 6.09. The Morgan fingerprint density at radius 2 is 1.37 bits per heavy atom. The summed E-state index contributed by atoms with van der Waals surface area (Å²) in [6.45, 7) is 4.44. The molecule has 0 heterocycles. The summed E-state index contributed by atoms with van der Waals surface area (Å²) >= 11 is 0. The van der Waals surface area contributed by atoms with Crippen molar-refractivity contribution in [3.05, 3.63) is 29.3 Å². The van der Waals surface area contributed by atoms with Gasteiger partial charge < -0.3 is 4.74 Å². The maximum Gasteiger partial charge on any atom is 0.200 e. The van der Waals surface area contributed by atoms with Crippen molar-refractivity contribution < 1.29 is 13.5 Å². The number of benzene rings is 1. The van der Waals surface area contributed by atoms with Crippen molar-refractivity contribution in [2.24, 2.45) is 23.7 Å². The molecule has 0 unspecified atom stereocenters. The molecule has 2 fully saturated rings. The molecule has 0 saturated heterocycles. The third-order valence-electron chi connectivity index (χ3n) is 7.88. The van der Waals surface area contributed by atoms with E-state index in [1.54, 1.807) is 19.1 Å². The van der Waals surface area contributed by atoms with Gasteiger partial charge >= 0.3 is 0 Å². The van der Waals surface area contributed by atoms with Gasteiger partial charge in [0, 0.05) is 0 Å². The number of hydrogen-bond acceptors (Lipinski definition) is 1. The number of ether oxygens (including phenoxy) is 1. The minimum atomic E-state index is -0.837. The molecule has 30 heavy (non-hydrogen) atoms. The first-order valence-electron chi connectivity index (χ1n) is 12.7. The highest BCUT2D eigenvalue weighted by Crippen LogP contribution is 2.43. The SMILES string of the molecule is CCC[C@H]1CC[C@H](C2CCC(CCCCc3ccc(OCC)c(F)c3F)CC2)CC1. The lowest BCUT2D eigenvalue weighted by Gasteiger charge is -2.38. The van der Waals surface area contributed by atoms with Crippen LogP contribution in [-0.2, 0) is 6.42 Å². The summed E-state index contributed by atoms with van der Waals surface area (Å²) in [5, 5.41) is 0. The Labute approximate surface area is 183 Å². The Morgan fingerprint density at radius 3 is 1.93 bits per heavy atom. The Bertz CT molecular complexity index is 628. The molecule has 0 aliphatic heterocycles. The molecule has 170 valence electrons. The Balaban J connectivity index is 1.32. The summed E-state index contributed by atoms with van der Waals surface area (Å²) < 4.78 is 33.3. The average molecular weight is 421 g/mol. The van der Waals surface area contributed by atoms with Gasteiger partial charge in [0.25, 0.3) is 0 Å². The Kier molecular flexibility index (Phi) is 9.46. The predicted octanol–water partition coefficient (Wildman–Crippen LogP) is 8.49. The van der Waals surface area contributed by atoms with Crippen LogP contribution in [0.5, 0.6) is 5.75 Å². The van der Waals surface area contributed by atoms with Gasteiger partial charge in [-0.15, -0.1) is 0 Å². The largest absolute Gasteiger partial charge is 0.491 e. The fraction of sp³-hybridized carbons (Fsp3) is 0.778. The summed E-state index contributed by atoms with van der Waals surface area (Å²) in [7, 11) is 0. The van der Waals surface area contributed by atoms with Crippen molar-refractivity contribution in [1.82, 2.24) is 0 Å².